The summed E-state index contributed by atoms with van der Waals surface area (Å²) in [7, 11) is 3.22. The summed E-state index contributed by atoms with van der Waals surface area (Å²) >= 11 is 0. The number of amides is 1. The predicted octanol–water partition coefficient (Wildman–Crippen LogP) is 4.85. The zero-order valence-electron chi connectivity index (χ0n) is 19.1. The van der Waals surface area contributed by atoms with E-state index < -0.39 is 6.04 Å². The number of rotatable bonds is 7. The zero-order chi connectivity index (χ0) is 23.0. The molecule has 1 amide bonds. The van der Waals surface area contributed by atoms with E-state index in [1.165, 1.54) is 0 Å². The number of benzene rings is 3. The second kappa shape index (κ2) is 10.9. The first-order chi connectivity index (χ1) is 16.2. The second-order valence-electron chi connectivity index (χ2n) is 7.98. The average molecular weight is 447 g/mol. The average Bonchev–Trinajstić information content (AvgIpc) is 3.14. The number of ether oxygens (including phenoxy) is 3. The first kappa shape index (κ1) is 22.7. The maximum Gasteiger partial charge on any atom is 0.250 e. The highest BCUT2D eigenvalue weighted by Gasteiger charge is 2.33. The van der Waals surface area contributed by atoms with E-state index in [-0.39, 0.29) is 11.9 Å². The van der Waals surface area contributed by atoms with Crippen molar-refractivity contribution in [2.75, 3.05) is 39.3 Å². The SMILES string of the molecule is COc1cc(NC(C(=O)N2CCCOCC2c2ccccc2)c2ccccc2)cc(OC)c1. The molecule has 2 atom stereocenters. The molecule has 1 aliphatic rings. The van der Waals surface area contributed by atoms with E-state index in [1.807, 2.05) is 71.6 Å². The van der Waals surface area contributed by atoms with E-state index >= 15 is 0 Å². The van der Waals surface area contributed by atoms with Gasteiger partial charge in [0.25, 0.3) is 0 Å². The molecule has 1 heterocycles. The van der Waals surface area contributed by atoms with Crippen molar-refractivity contribution in [3.8, 4) is 11.5 Å². The molecule has 1 saturated heterocycles. The molecule has 0 bridgehead atoms. The van der Waals surface area contributed by atoms with Crippen LogP contribution in [0.1, 0.15) is 29.6 Å². The van der Waals surface area contributed by atoms with Crippen molar-refractivity contribution >= 4 is 11.6 Å². The molecular formula is C27H30N2O4. The van der Waals surface area contributed by atoms with Crippen LogP contribution in [0.25, 0.3) is 0 Å². The van der Waals surface area contributed by atoms with Crippen LogP contribution in [-0.4, -0.2) is 44.8 Å². The minimum atomic E-state index is -0.577. The Morgan fingerprint density at radius 2 is 1.61 bits per heavy atom. The fraction of sp³-hybridized carbons (Fsp3) is 0.296. The Labute approximate surface area is 195 Å². The Bertz CT molecular complexity index is 1020. The van der Waals surface area contributed by atoms with E-state index in [4.69, 9.17) is 14.2 Å². The highest BCUT2D eigenvalue weighted by atomic mass is 16.5. The summed E-state index contributed by atoms with van der Waals surface area (Å²) in [6.45, 7) is 1.75. The molecular weight excluding hydrogens is 416 g/mol. The lowest BCUT2D eigenvalue weighted by Crippen LogP contribution is -2.41. The van der Waals surface area contributed by atoms with Gasteiger partial charge in [-0.15, -0.1) is 0 Å². The van der Waals surface area contributed by atoms with Crippen LogP contribution < -0.4 is 14.8 Å². The van der Waals surface area contributed by atoms with Gasteiger partial charge in [-0.25, -0.2) is 0 Å². The predicted molar refractivity (Wildman–Crippen MR) is 129 cm³/mol. The van der Waals surface area contributed by atoms with Gasteiger partial charge in [0.15, 0.2) is 0 Å². The molecule has 0 aromatic heterocycles. The minimum Gasteiger partial charge on any atom is -0.497 e. The fourth-order valence-electron chi connectivity index (χ4n) is 4.15. The molecule has 172 valence electrons. The van der Waals surface area contributed by atoms with Crippen LogP contribution in [-0.2, 0) is 9.53 Å². The molecule has 2 unspecified atom stereocenters. The highest BCUT2D eigenvalue weighted by Crippen LogP contribution is 2.32. The van der Waals surface area contributed by atoms with Gasteiger partial charge in [-0.1, -0.05) is 60.7 Å². The van der Waals surface area contributed by atoms with Gasteiger partial charge in [-0.3, -0.25) is 4.79 Å². The first-order valence-electron chi connectivity index (χ1n) is 11.2. The number of anilines is 1. The summed E-state index contributed by atoms with van der Waals surface area (Å²) in [5, 5.41) is 3.44. The summed E-state index contributed by atoms with van der Waals surface area (Å²) < 4.78 is 16.7. The molecule has 4 rings (SSSR count). The lowest BCUT2D eigenvalue weighted by molar-refractivity contribution is -0.135. The molecule has 3 aromatic rings. The number of nitrogens with zero attached hydrogens (tertiary/aromatic N) is 1. The van der Waals surface area contributed by atoms with Gasteiger partial charge >= 0.3 is 0 Å². The second-order valence-corrected chi connectivity index (χ2v) is 7.98. The third-order valence-electron chi connectivity index (χ3n) is 5.85. The van der Waals surface area contributed by atoms with Gasteiger partial charge in [0.1, 0.15) is 17.5 Å². The van der Waals surface area contributed by atoms with Crippen LogP contribution >= 0.6 is 0 Å². The van der Waals surface area contributed by atoms with E-state index in [1.54, 1.807) is 14.2 Å². The van der Waals surface area contributed by atoms with Crippen LogP contribution in [0, 0.1) is 0 Å². The third-order valence-corrected chi connectivity index (χ3v) is 5.85. The van der Waals surface area contributed by atoms with Crippen molar-refractivity contribution < 1.29 is 19.0 Å². The number of carbonyl (C=O) groups excluding carboxylic acids is 1. The molecule has 1 aliphatic heterocycles. The Hall–Kier alpha value is -3.51. The largest absolute Gasteiger partial charge is 0.497 e. The highest BCUT2D eigenvalue weighted by molar-refractivity contribution is 5.86. The summed E-state index contributed by atoms with van der Waals surface area (Å²) in [5.74, 6) is 1.31. The van der Waals surface area contributed by atoms with E-state index in [2.05, 4.69) is 17.4 Å². The smallest absolute Gasteiger partial charge is 0.250 e. The molecule has 0 saturated carbocycles. The summed E-state index contributed by atoms with van der Waals surface area (Å²) in [6, 6.07) is 24.7. The topological polar surface area (TPSA) is 60.0 Å². The molecule has 1 N–H and O–H groups in total. The Morgan fingerprint density at radius 1 is 0.970 bits per heavy atom. The molecule has 6 nitrogen and oxygen atoms in total. The van der Waals surface area contributed by atoms with E-state index in [0.29, 0.717) is 31.3 Å². The quantitative estimate of drug-likeness (QED) is 0.562. The zero-order valence-corrected chi connectivity index (χ0v) is 19.1. The van der Waals surface area contributed by atoms with Gasteiger partial charge in [0.05, 0.1) is 26.9 Å². The number of carbonyl (C=O) groups is 1. The lowest BCUT2D eigenvalue weighted by atomic mass is 10.0. The van der Waals surface area contributed by atoms with Gasteiger partial charge in [-0.2, -0.15) is 0 Å². The molecule has 0 aliphatic carbocycles. The number of hydrogen-bond donors (Lipinski definition) is 1. The Kier molecular flexibility index (Phi) is 7.47. The Morgan fingerprint density at radius 3 is 2.24 bits per heavy atom. The van der Waals surface area contributed by atoms with Crippen LogP contribution in [0.15, 0.2) is 78.9 Å². The van der Waals surface area contributed by atoms with Crippen molar-refractivity contribution in [1.82, 2.24) is 4.90 Å². The number of hydrogen-bond acceptors (Lipinski definition) is 5. The van der Waals surface area contributed by atoms with Gasteiger partial charge in [0.2, 0.25) is 5.91 Å². The van der Waals surface area contributed by atoms with Crippen molar-refractivity contribution in [2.45, 2.75) is 18.5 Å². The monoisotopic (exact) mass is 446 g/mol. The van der Waals surface area contributed by atoms with Crippen molar-refractivity contribution in [3.05, 3.63) is 90.0 Å². The van der Waals surface area contributed by atoms with Gasteiger partial charge in [-0.05, 0) is 17.5 Å². The summed E-state index contributed by atoms with van der Waals surface area (Å²) in [5.41, 5.74) is 2.71. The molecule has 0 spiro atoms. The van der Waals surface area contributed by atoms with Gasteiger partial charge in [0, 0.05) is 37.0 Å². The summed E-state index contributed by atoms with van der Waals surface area (Å²) in [6.07, 6.45) is 0.795. The maximum atomic E-state index is 14.1. The van der Waals surface area contributed by atoms with Crippen molar-refractivity contribution in [2.24, 2.45) is 0 Å². The fourth-order valence-corrected chi connectivity index (χ4v) is 4.15. The van der Waals surface area contributed by atoms with Gasteiger partial charge < -0.3 is 24.4 Å². The van der Waals surface area contributed by atoms with Crippen LogP contribution in [0.2, 0.25) is 0 Å². The number of methoxy groups -OCH3 is 2. The van der Waals surface area contributed by atoms with Crippen molar-refractivity contribution in [1.29, 1.82) is 0 Å². The standard InChI is InChI=1S/C27H30N2O4/c1-31-23-16-22(17-24(18-23)32-2)28-26(21-12-7-4-8-13-21)27(30)29-14-9-15-33-19-25(29)20-10-5-3-6-11-20/h3-8,10-13,16-18,25-26,28H,9,14-15,19H2,1-2H3. The normalized spacial score (nSPS) is 17.0. The molecule has 0 radical (unpaired) electrons. The third kappa shape index (κ3) is 5.46. The maximum absolute atomic E-state index is 14.1. The van der Waals surface area contributed by atoms with E-state index in [0.717, 1.165) is 23.2 Å². The first-order valence-corrected chi connectivity index (χ1v) is 11.2. The Balaban J connectivity index is 1.70. The summed E-state index contributed by atoms with van der Waals surface area (Å²) in [4.78, 5) is 16.0. The lowest BCUT2D eigenvalue weighted by Gasteiger charge is -2.33. The molecule has 3 aromatic carbocycles. The molecule has 6 heteroatoms. The minimum absolute atomic E-state index is 0.00217. The van der Waals surface area contributed by atoms with E-state index in [9.17, 15) is 4.79 Å². The van der Waals surface area contributed by atoms with Crippen LogP contribution in [0.3, 0.4) is 0 Å². The number of nitrogens with one attached hydrogen (secondary N) is 1. The van der Waals surface area contributed by atoms with Crippen molar-refractivity contribution in [3.63, 3.8) is 0 Å². The van der Waals surface area contributed by atoms with Crippen LogP contribution in [0.5, 0.6) is 11.5 Å². The molecule has 1 fully saturated rings. The van der Waals surface area contributed by atoms with Crippen LogP contribution in [0.4, 0.5) is 5.69 Å². The molecule has 33 heavy (non-hydrogen) atoms.